The Morgan fingerprint density at radius 1 is 0.378 bits per heavy atom. The molecule has 0 aliphatic carbocycles. The smallest absolute Gasteiger partial charge is 0.143 e. The van der Waals surface area contributed by atoms with Crippen molar-refractivity contribution in [2.75, 3.05) is 0 Å². The Bertz CT molecular complexity index is 2780. The van der Waals surface area contributed by atoms with Crippen molar-refractivity contribution in [1.82, 2.24) is 0 Å². The third kappa shape index (κ3) is 3.62. The van der Waals surface area contributed by atoms with Crippen molar-refractivity contribution in [2.24, 2.45) is 0 Å². The van der Waals surface area contributed by atoms with Gasteiger partial charge in [-0.2, -0.15) is 0 Å². The maximum absolute atomic E-state index is 6.63. The lowest BCUT2D eigenvalue weighted by Gasteiger charge is -2.15. The first-order valence-corrected chi connectivity index (χ1v) is 15.9. The lowest BCUT2D eigenvalue weighted by molar-refractivity contribution is 0.664. The quantitative estimate of drug-likeness (QED) is 0.176. The Morgan fingerprint density at radius 3 is 1.71 bits per heavy atom. The Balaban J connectivity index is 1.18. The van der Waals surface area contributed by atoms with E-state index in [4.69, 9.17) is 8.83 Å². The van der Waals surface area contributed by atoms with E-state index in [0.29, 0.717) is 0 Å². The monoisotopic (exact) mass is 638 g/mol. The summed E-state index contributed by atoms with van der Waals surface area (Å²) in [5.74, 6) is 0. The summed E-state index contributed by atoms with van der Waals surface area (Å²) in [4.78, 5) is 0. The fourth-order valence-electron chi connectivity index (χ4n) is 7.20. The predicted octanol–water partition coefficient (Wildman–Crippen LogP) is 13.0. The summed E-state index contributed by atoms with van der Waals surface area (Å²) >= 11 is 3.90. The number of halogens is 1. The van der Waals surface area contributed by atoms with Crippen LogP contribution in [0.15, 0.2) is 153 Å². The van der Waals surface area contributed by atoms with E-state index in [1.54, 1.807) is 0 Å². The van der Waals surface area contributed by atoms with Crippen LogP contribution < -0.4 is 0 Å². The van der Waals surface area contributed by atoms with Crippen LogP contribution in [0.2, 0.25) is 0 Å². The van der Waals surface area contributed by atoms with Gasteiger partial charge in [-0.15, -0.1) is 0 Å². The summed E-state index contributed by atoms with van der Waals surface area (Å²) in [5, 5.41) is 11.6. The number of hydrogen-bond donors (Lipinski definition) is 0. The zero-order valence-corrected chi connectivity index (χ0v) is 25.6. The third-order valence-electron chi connectivity index (χ3n) is 9.30. The van der Waals surface area contributed by atoms with Crippen LogP contribution in [0, 0.1) is 0 Å². The zero-order valence-electron chi connectivity index (χ0n) is 24.0. The maximum Gasteiger partial charge on any atom is 0.143 e. The summed E-state index contributed by atoms with van der Waals surface area (Å²) in [6.07, 6.45) is 0. The van der Waals surface area contributed by atoms with Crippen LogP contribution in [0.5, 0.6) is 0 Å². The number of furan rings is 2. The van der Waals surface area contributed by atoms with Crippen molar-refractivity contribution in [3.05, 3.63) is 144 Å². The molecule has 0 spiro atoms. The summed E-state index contributed by atoms with van der Waals surface area (Å²) in [5.41, 5.74) is 8.21. The zero-order chi connectivity index (χ0) is 29.6. The van der Waals surface area contributed by atoms with Gasteiger partial charge in [0.25, 0.3) is 0 Å². The maximum atomic E-state index is 6.63. The van der Waals surface area contributed by atoms with Gasteiger partial charge < -0.3 is 8.83 Å². The van der Waals surface area contributed by atoms with E-state index in [9.17, 15) is 0 Å². The van der Waals surface area contributed by atoms with Gasteiger partial charge in [0.05, 0.1) is 0 Å². The van der Waals surface area contributed by atoms with Gasteiger partial charge in [-0.25, -0.2) is 0 Å². The van der Waals surface area contributed by atoms with Crippen LogP contribution in [-0.2, 0) is 0 Å². The number of para-hydroxylation sites is 2. The van der Waals surface area contributed by atoms with Gasteiger partial charge in [-0.3, -0.25) is 0 Å². The van der Waals surface area contributed by atoms with E-state index in [-0.39, 0.29) is 0 Å². The highest BCUT2D eigenvalue weighted by Gasteiger charge is 2.17. The molecule has 0 bridgehead atoms. The van der Waals surface area contributed by atoms with E-state index in [0.717, 1.165) is 59.5 Å². The molecule has 0 N–H and O–H groups in total. The Labute approximate surface area is 266 Å². The second kappa shape index (κ2) is 9.31. The molecule has 8 aromatic carbocycles. The van der Waals surface area contributed by atoms with E-state index >= 15 is 0 Å². The van der Waals surface area contributed by atoms with Crippen molar-refractivity contribution in [3.63, 3.8) is 0 Å². The highest BCUT2D eigenvalue weighted by Crippen LogP contribution is 2.43. The number of rotatable bonds is 2. The third-order valence-corrected chi connectivity index (χ3v) is 10.2. The van der Waals surface area contributed by atoms with Crippen molar-refractivity contribution >= 4 is 92.1 Å². The lowest BCUT2D eigenvalue weighted by atomic mass is 9.90. The van der Waals surface area contributed by atoms with Crippen LogP contribution in [0.3, 0.4) is 0 Å². The molecule has 2 aromatic heterocycles. The highest BCUT2D eigenvalue weighted by atomic mass is 79.9. The molecule has 2 heterocycles. The fourth-order valence-corrected chi connectivity index (χ4v) is 7.89. The van der Waals surface area contributed by atoms with Gasteiger partial charge in [0, 0.05) is 31.6 Å². The SMILES string of the molecule is Brc1c2ccccc2c(-c2ccc3ccc(-c4cccc5c4oc4cc6c(cc45)oc4ccccc46)cc3c2)c2ccccc12. The Kier molecular flexibility index (Phi) is 5.17. The number of benzene rings is 8. The number of hydrogen-bond acceptors (Lipinski definition) is 2. The van der Waals surface area contributed by atoms with Gasteiger partial charge in [-0.1, -0.05) is 109 Å². The molecule has 0 aliphatic heterocycles. The van der Waals surface area contributed by atoms with Gasteiger partial charge >= 0.3 is 0 Å². The molecular weight excluding hydrogens is 616 g/mol. The molecule has 45 heavy (non-hydrogen) atoms. The summed E-state index contributed by atoms with van der Waals surface area (Å²) < 4.78 is 14.0. The molecule has 10 aromatic rings. The van der Waals surface area contributed by atoms with Gasteiger partial charge in [0.2, 0.25) is 0 Å². The number of fused-ring (bicyclic) bond motifs is 9. The standard InChI is InChI=1S/C42H23BrO2/c43-41-32-11-3-1-9-30(32)40(31-10-2-4-12-33(31)41)26-19-17-24-16-18-25(20-27(24)21-26)28-13-7-14-34-36-23-38-35(22-39(36)45-42(28)34)29-8-5-6-15-37(29)44-38/h1-23H. The summed E-state index contributed by atoms with van der Waals surface area (Å²) in [6.45, 7) is 0. The Morgan fingerprint density at radius 2 is 0.956 bits per heavy atom. The molecule has 0 saturated carbocycles. The highest BCUT2D eigenvalue weighted by molar-refractivity contribution is 9.10. The van der Waals surface area contributed by atoms with Crippen LogP contribution in [0.4, 0.5) is 0 Å². The van der Waals surface area contributed by atoms with E-state index in [2.05, 4.69) is 137 Å². The largest absolute Gasteiger partial charge is 0.456 e. The summed E-state index contributed by atoms with van der Waals surface area (Å²) in [6, 6.07) is 49.7. The van der Waals surface area contributed by atoms with Gasteiger partial charge in [0.15, 0.2) is 0 Å². The molecule has 210 valence electrons. The predicted molar refractivity (Wildman–Crippen MR) is 192 cm³/mol. The molecule has 3 heteroatoms. The minimum absolute atomic E-state index is 0.869. The normalized spacial score (nSPS) is 12.1. The van der Waals surface area contributed by atoms with Crippen LogP contribution in [0.25, 0.3) is 98.4 Å². The molecule has 0 amide bonds. The molecule has 2 nitrogen and oxygen atoms in total. The molecular formula is C42H23BrO2. The fraction of sp³-hybridized carbons (Fsp3) is 0. The van der Waals surface area contributed by atoms with Crippen molar-refractivity contribution in [2.45, 2.75) is 0 Å². The van der Waals surface area contributed by atoms with Crippen LogP contribution in [-0.4, -0.2) is 0 Å². The van der Waals surface area contributed by atoms with Crippen LogP contribution in [0.1, 0.15) is 0 Å². The molecule has 0 fully saturated rings. The van der Waals surface area contributed by atoms with Crippen molar-refractivity contribution in [1.29, 1.82) is 0 Å². The molecule has 0 unspecified atom stereocenters. The average Bonchev–Trinajstić information content (AvgIpc) is 3.64. The lowest BCUT2D eigenvalue weighted by Crippen LogP contribution is -1.88. The summed E-state index contributed by atoms with van der Waals surface area (Å²) in [7, 11) is 0. The molecule has 0 radical (unpaired) electrons. The van der Waals surface area contributed by atoms with Crippen molar-refractivity contribution < 1.29 is 8.83 Å². The minimum atomic E-state index is 0.869. The van der Waals surface area contributed by atoms with E-state index < -0.39 is 0 Å². The first kappa shape index (κ1) is 25.0. The second-order valence-electron chi connectivity index (χ2n) is 11.8. The first-order valence-electron chi connectivity index (χ1n) is 15.1. The molecule has 0 saturated heterocycles. The van der Waals surface area contributed by atoms with E-state index in [1.165, 1.54) is 43.4 Å². The van der Waals surface area contributed by atoms with Crippen molar-refractivity contribution in [3.8, 4) is 22.3 Å². The Hall–Kier alpha value is -5.38. The minimum Gasteiger partial charge on any atom is -0.456 e. The first-order chi connectivity index (χ1) is 22.2. The molecule has 0 atom stereocenters. The van der Waals surface area contributed by atoms with Gasteiger partial charge in [0.1, 0.15) is 22.3 Å². The molecule has 10 rings (SSSR count). The topological polar surface area (TPSA) is 26.3 Å². The molecule has 0 aliphatic rings. The van der Waals surface area contributed by atoms with E-state index in [1.807, 2.05) is 18.2 Å². The second-order valence-corrected chi connectivity index (χ2v) is 12.6. The van der Waals surface area contributed by atoms with Crippen LogP contribution >= 0.6 is 15.9 Å². The van der Waals surface area contributed by atoms with Gasteiger partial charge in [-0.05, 0) is 95.3 Å². The average molecular weight is 640 g/mol.